The van der Waals surface area contributed by atoms with Crippen LogP contribution < -0.4 is 5.73 Å². The normalized spacial score (nSPS) is 24.3. The number of carbonyl (C=O) groups is 1. The van der Waals surface area contributed by atoms with Crippen LogP contribution in [0.4, 0.5) is 0 Å². The smallest absolute Gasteiger partial charge is 0.228 e. The average molecular weight is 242 g/mol. The Labute approximate surface area is 104 Å². The predicted octanol–water partition coefficient (Wildman–Crippen LogP) is 1.39. The fourth-order valence-corrected chi connectivity index (χ4v) is 2.61. The number of ether oxygens (including phenoxy) is 1. The highest BCUT2D eigenvalue weighted by molar-refractivity contribution is 5.80. The van der Waals surface area contributed by atoms with Gasteiger partial charge in [0.15, 0.2) is 0 Å². The van der Waals surface area contributed by atoms with E-state index in [1.54, 1.807) is 0 Å². The number of rotatable bonds is 6. The molecule has 4 nitrogen and oxygen atoms in total. The lowest BCUT2D eigenvalue weighted by Gasteiger charge is -2.33. The summed E-state index contributed by atoms with van der Waals surface area (Å²) in [6.07, 6.45) is 2.88. The van der Waals surface area contributed by atoms with Gasteiger partial charge in [-0.1, -0.05) is 13.8 Å². The zero-order valence-corrected chi connectivity index (χ0v) is 11.3. The highest BCUT2D eigenvalue weighted by atomic mass is 16.5. The van der Waals surface area contributed by atoms with Crippen LogP contribution in [0.25, 0.3) is 0 Å². The summed E-state index contributed by atoms with van der Waals surface area (Å²) in [5.41, 5.74) is 5.62. The summed E-state index contributed by atoms with van der Waals surface area (Å²) < 4.78 is 5.48. The maximum absolute atomic E-state index is 12.5. The van der Waals surface area contributed by atoms with Gasteiger partial charge in [-0.15, -0.1) is 0 Å². The van der Waals surface area contributed by atoms with E-state index in [9.17, 15) is 4.79 Å². The number of nitrogens with zero attached hydrogens (tertiary/aromatic N) is 1. The van der Waals surface area contributed by atoms with Crippen molar-refractivity contribution in [2.75, 3.05) is 19.7 Å². The Hall–Kier alpha value is -0.610. The van der Waals surface area contributed by atoms with Crippen molar-refractivity contribution in [2.45, 2.75) is 52.2 Å². The van der Waals surface area contributed by atoms with E-state index in [1.807, 2.05) is 11.8 Å². The second kappa shape index (κ2) is 6.97. The van der Waals surface area contributed by atoms with Crippen LogP contribution in [0.15, 0.2) is 0 Å². The summed E-state index contributed by atoms with van der Waals surface area (Å²) in [6.45, 7) is 8.14. The molecule has 0 spiro atoms. The molecule has 2 N–H and O–H groups in total. The van der Waals surface area contributed by atoms with Crippen LogP contribution in [0.3, 0.4) is 0 Å². The van der Waals surface area contributed by atoms with Crippen LogP contribution in [-0.2, 0) is 9.53 Å². The maximum Gasteiger partial charge on any atom is 0.228 e. The van der Waals surface area contributed by atoms with E-state index < -0.39 is 0 Å². The topological polar surface area (TPSA) is 55.6 Å². The lowest BCUT2D eigenvalue weighted by Crippen LogP contribution is -2.46. The first-order valence-electron chi connectivity index (χ1n) is 6.77. The van der Waals surface area contributed by atoms with Crippen LogP contribution in [0.1, 0.15) is 40.0 Å². The fraction of sp³-hybridized carbons (Fsp3) is 0.923. The van der Waals surface area contributed by atoms with Crippen molar-refractivity contribution >= 4 is 5.91 Å². The van der Waals surface area contributed by atoms with E-state index in [2.05, 4.69) is 13.8 Å². The van der Waals surface area contributed by atoms with Crippen LogP contribution in [0.2, 0.25) is 0 Å². The number of carbonyl (C=O) groups excluding carboxylic acids is 1. The molecule has 1 aliphatic heterocycles. The van der Waals surface area contributed by atoms with Crippen molar-refractivity contribution < 1.29 is 9.53 Å². The molecule has 0 aromatic carbocycles. The SMILES string of the molecule is CCC(CC)N(CCN)C(=O)C1CCOC1C. The monoisotopic (exact) mass is 242 g/mol. The van der Waals surface area contributed by atoms with Gasteiger partial charge < -0.3 is 15.4 Å². The molecule has 2 unspecified atom stereocenters. The van der Waals surface area contributed by atoms with Crippen molar-refractivity contribution in [3.63, 3.8) is 0 Å². The van der Waals surface area contributed by atoms with Gasteiger partial charge in [0.2, 0.25) is 5.91 Å². The Bertz CT molecular complexity index is 242. The quantitative estimate of drug-likeness (QED) is 0.765. The number of amides is 1. The first-order valence-corrected chi connectivity index (χ1v) is 6.77. The van der Waals surface area contributed by atoms with Crippen LogP contribution in [0, 0.1) is 5.92 Å². The van der Waals surface area contributed by atoms with Gasteiger partial charge in [0, 0.05) is 25.7 Å². The summed E-state index contributed by atoms with van der Waals surface area (Å²) >= 11 is 0. The summed E-state index contributed by atoms with van der Waals surface area (Å²) in [7, 11) is 0. The molecule has 17 heavy (non-hydrogen) atoms. The molecule has 1 rings (SSSR count). The van der Waals surface area contributed by atoms with Gasteiger partial charge >= 0.3 is 0 Å². The molecule has 1 fully saturated rings. The molecule has 100 valence electrons. The zero-order chi connectivity index (χ0) is 12.8. The van der Waals surface area contributed by atoms with Gasteiger partial charge in [-0.25, -0.2) is 0 Å². The van der Waals surface area contributed by atoms with Gasteiger partial charge in [-0.3, -0.25) is 4.79 Å². The molecule has 1 amide bonds. The molecule has 0 radical (unpaired) electrons. The lowest BCUT2D eigenvalue weighted by atomic mass is 9.99. The third-order valence-corrected chi connectivity index (χ3v) is 3.73. The second-order valence-corrected chi connectivity index (χ2v) is 4.76. The molecule has 1 saturated heterocycles. The third kappa shape index (κ3) is 3.42. The Morgan fingerprint density at radius 2 is 2.12 bits per heavy atom. The van der Waals surface area contributed by atoms with Crippen LogP contribution in [-0.4, -0.2) is 42.6 Å². The third-order valence-electron chi connectivity index (χ3n) is 3.73. The minimum absolute atomic E-state index is 0.0298. The van der Waals surface area contributed by atoms with Crippen LogP contribution >= 0.6 is 0 Å². The van der Waals surface area contributed by atoms with Gasteiger partial charge in [0.1, 0.15) is 0 Å². The molecular weight excluding hydrogens is 216 g/mol. The highest BCUT2D eigenvalue weighted by Gasteiger charge is 2.35. The molecule has 0 saturated carbocycles. The molecule has 4 heteroatoms. The second-order valence-electron chi connectivity index (χ2n) is 4.76. The average Bonchev–Trinajstić information content (AvgIpc) is 2.75. The zero-order valence-electron chi connectivity index (χ0n) is 11.3. The van der Waals surface area contributed by atoms with Crippen LogP contribution in [0.5, 0.6) is 0 Å². The molecule has 2 atom stereocenters. The first kappa shape index (κ1) is 14.5. The first-order chi connectivity index (χ1) is 8.15. The Kier molecular flexibility index (Phi) is 5.92. The van der Waals surface area contributed by atoms with Gasteiger partial charge in [-0.05, 0) is 26.2 Å². The lowest BCUT2D eigenvalue weighted by molar-refractivity contribution is -0.139. The Morgan fingerprint density at radius 1 is 1.47 bits per heavy atom. The van der Waals surface area contributed by atoms with E-state index in [4.69, 9.17) is 10.5 Å². The minimum Gasteiger partial charge on any atom is -0.378 e. The molecule has 0 aliphatic carbocycles. The van der Waals surface area contributed by atoms with Crippen molar-refractivity contribution in [3.05, 3.63) is 0 Å². The number of hydrogen-bond acceptors (Lipinski definition) is 3. The molecule has 0 bridgehead atoms. The highest BCUT2D eigenvalue weighted by Crippen LogP contribution is 2.24. The summed E-state index contributed by atoms with van der Waals surface area (Å²) in [4.78, 5) is 14.5. The van der Waals surface area contributed by atoms with E-state index >= 15 is 0 Å². The van der Waals surface area contributed by atoms with E-state index in [1.165, 1.54) is 0 Å². The predicted molar refractivity (Wildman–Crippen MR) is 68.7 cm³/mol. The largest absolute Gasteiger partial charge is 0.378 e. The molecule has 0 aromatic heterocycles. The molecule has 1 heterocycles. The number of nitrogens with two attached hydrogens (primary N) is 1. The van der Waals surface area contributed by atoms with Crippen molar-refractivity contribution in [1.82, 2.24) is 4.90 Å². The minimum atomic E-state index is 0.0298. The summed E-state index contributed by atoms with van der Waals surface area (Å²) in [5, 5.41) is 0. The van der Waals surface area contributed by atoms with Crippen molar-refractivity contribution in [1.29, 1.82) is 0 Å². The van der Waals surface area contributed by atoms with E-state index in [0.717, 1.165) is 19.3 Å². The number of hydrogen-bond donors (Lipinski definition) is 1. The molecule has 0 aromatic rings. The van der Waals surface area contributed by atoms with Crippen molar-refractivity contribution in [2.24, 2.45) is 11.7 Å². The molecule has 1 aliphatic rings. The maximum atomic E-state index is 12.5. The Balaban J connectivity index is 2.71. The van der Waals surface area contributed by atoms with Gasteiger partial charge in [0.05, 0.1) is 12.0 Å². The van der Waals surface area contributed by atoms with Gasteiger partial charge in [0.25, 0.3) is 0 Å². The summed E-state index contributed by atoms with van der Waals surface area (Å²) in [5.74, 6) is 0.260. The van der Waals surface area contributed by atoms with E-state index in [-0.39, 0.29) is 17.9 Å². The fourth-order valence-electron chi connectivity index (χ4n) is 2.61. The Morgan fingerprint density at radius 3 is 2.53 bits per heavy atom. The summed E-state index contributed by atoms with van der Waals surface area (Å²) in [6, 6.07) is 0.318. The molecular formula is C13H26N2O2. The van der Waals surface area contributed by atoms with E-state index in [0.29, 0.717) is 25.7 Å². The standard InChI is InChI=1S/C13H26N2O2/c1-4-11(5-2)15(8-7-14)13(16)12-6-9-17-10(12)3/h10-12H,4-9,14H2,1-3H3. The van der Waals surface area contributed by atoms with Gasteiger partial charge in [-0.2, -0.15) is 0 Å². The van der Waals surface area contributed by atoms with Crippen molar-refractivity contribution in [3.8, 4) is 0 Å².